The number of nitrogens with zero attached hydrogens (tertiary/aromatic N) is 1. The monoisotopic (exact) mass is 296 g/mol. The third-order valence-corrected chi connectivity index (χ3v) is 4.03. The van der Waals surface area contributed by atoms with Crippen molar-refractivity contribution in [2.75, 3.05) is 11.9 Å². The SMILES string of the molecule is CC1(CNc2cc(C(=O)O)c(F)cc2[N+](=O)[O-])CCCC1. The Morgan fingerprint density at radius 1 is 1.48 bits per heavy atom. The van der Waals surface area contributed by atoms with E-state index in [1.807, 2.05) is 0 Å². The van der Waals surface area contributed by atoms with E-state index < -0.39 is 28.0 Å². The number of nitro benzene ring substituents is 1. The second-order valence-corrected chi connectivity index (χ2v) is 5.78. The Balaban J connectivity index is 2.29. The van der Waals surface area contributed by atoms with Gasteiger partial charge >= 0.3 is 5.97 Å². The molecule has 1 aliphatic rings. The highest BCUT2D eigenvalue weighted by Gasteiger charge is 2.29. The molecule has 0 unspecified atom stereocenters. The molecule has 0 bridgehead atoms. The van der Waals surface area contributed by atoms with Gasteiger partial charge in [0.2, 0.25) is 0 Å². The van der Waals surface area contributed by atoms with Crippen molar-refractivity contribution in [3.8, 4) is 0 Å². The first kappa shape index (κ1) is 15.2. The highest BCUT2D eigenvalue weighted by Crippen LogP contribution is 2.38. The number of hydrogen-bond acceptors (Lipinski definition) is 4. The summed E-state index contributed by atoms with van der Waals surface area (Å²) in [6.45, 7) is 2.58. The molecule has 2 N–H and O–H groups in total. The molecule has 1 aliphatic carbocycles. The number of rotatable bonds is 5. The second kappa shape index (κ2) is 5.67. The molecule has 7 heteroatoms. The van der Waals surface area contributed by atoms with Gasteiger partial charge in [-0.05, 0) is 24.3 Å². The maximum Gasteiger partial charge on any atom is 0.338 e. The van der Waals surface area contributed by atoms with E-state index in [4.69, 9.17) is 5.11 Å². The van der Waals surface area contributed by atoms with Crippen molar-refractivity contribution in [1.29, 1.82) is 0 Å². The minimum absolute atomic E-state index is 0.0334. The first-order valence-corrected chi connectivity index (χ1v) is 6.77. The molecular weight excluding hydrogens is 279 g/mol. The van der Waals surface area contributed by atoms with Crippen LogP contribution in [0.4, 0.5) is 15.8 Å². The standard InChI is InChI=1S/C14H17FN2O4/c1-14(4-2-3-5-14)8-16-11-6-9(13(18)19)10(15)7-12(11)17(20)21/h6-7,16H,2-5,8H2,1H3,(H,18,19). The maximum absolute atomic E-state index is 13.5. The van der Waals surface area contributed by atoms with Crippen molar-refractivity contribution in [2.45, 2.75) is 32.6 Å². The molecule has 0 spiro atoms. The van der Waals surface area contributed by atoms with Crippen LogP contribution in [0.3, 0.4) is 0 Å². The van der Waals surface area contributed by atoms with Gasteiger partial charge in [-0.25, -0.2) is 9.18 Å². The number of anilines is 1. The lowest BCUT2D eigenvalue weighted by Gasteiger charge is -2.24. The molecule has 21 heavy (non-hydrogen) atoms. The topological polar surface area (TPSA) is 92.5 Å². The van der Waals surface area contributed by atoms with Crippen LogP contribution in [0.15, 0.2) is 12.1 Å². The lowest BCUT2D eigenvalue weighted by Crippen LogP contribution is -2.23. The summed E-state index contributed by atoms with van der Waals surface area (Å²) in [7, 11) is 0. The van der Waals surface area contributed by atoms with Gasteiger partial charge in [-0.15, -0.1) is 0 Å². The van der Waals surface area contributed by atoms with Gasteiger partial charge in [-0.3, -0.25) is 10.1 Å². The number of benzene rings is 1. The van der Waals surface area contributed by atoms with Crippen molar-refractivity contribution in [3.05, 3.63) is 33.6 Å². The van der Waals surface area contributed by atoms with E-state index in [-0.39, 0.29) is 11.1 Å². The van der Waals surface area contributed by atoms with Gasteiger partial charge in [0.15, 0.2) is 0 Å². The minimum Gasteiger partial charge on any atom is -0.478 e. The first-order chi connectivity index (χ1) is 9.82. The summed E-state index contributed by atoms with van der Waals surface area (Å²) >= 11 is 0. The van der Waals surface area contributed by atoms with Crippen LogP contribution in [0, 0.1) is 21.3 Å². The van der Waals surface area contributed by atoms with Crippen LogP contribution in [0.25, 0.3) is 0 Å². The number of carbonyl (C=O) groups is 1. The van der Waals surface area contributed by atoms with E-state index in [2.05, 4.69) is 12.2 Å². The van der Waals surface area contributed by atoms with Gasteiger partial charge in [0.1, 0.15) is 11.5 Å². The normalized spacial score (nSPS) is 16.7. The van der Waals surface area contributed by atoms with Crippen molar-refractivity contribution < 1.29 is 19.2 Å². The predicted molar refractivity (Wildman–Crippen MR) is 75.1 cm³/mol. The Kier molecular flexibility index (Phi) is 4.11. The zero-order chi connectivity index (χ0) is 15.6. The summed E-state index contributed by atoms with van der Waals surface area (Å²) in [5.74, 6) is -2.55. The number of nitrogens with one attached hydrogen (secondary N) is 1. The van der Waals surface area contributed by atoms with Gasteiger partial charge in [0.05, 0.1) is 16.6 Å². The molecule has 0 heterocycles. The molecule has 1 fully saturated rings. The molecule has 2 rings (SSSR count). The fourth-order valence-electron chi connectivity index (χ4n) is 2.73. The van der Waals surface area contributed by atoms with Crippen molar-refractivity contribution in [3.63, 3.8) is 0 Å². The Labute approximate surface area is 121 Å². The average Bonchev–Trinajstić information content (AvgIpc) is 2.83. The molecule has 0 aromatic heterocycles. The Bertz CT molecular complexity index is 583. The van der Waals surface area contributed by atoms with Crippen LogP contribution in [-0.2, 0) is 0 Å². The quantitative estimate of drug-likeness (QED) is 0.641. The largest absolute Gasteiger partial charge is 0.478 e. The summed E-state index contributed by atoms with van der Waals surface area (Å²) < 4.78 is 13.5. The van der Waals surface area contributed by atoms with E-state index in [1.165, 1.54) is 0 Å². The summed E-state index contributed by atoms with van der Waals surface area (Å²) in [5, 5.41) is 22.8. The zero-order valence-electron chi connectivity index (χ0n) is 11.7. The number of carboxylic acids is 1. The highest BCUT2D eigenvalue weighted by atomic mass is 19.1. The number of nitro groups is 1. The second-order valence-electron chi connectivity index (χ2n) is 5.78. The minimum atomic E-state index is -1.45. The summed E-state index contributed by atoms with van der Waals surface area (Å²) in [4.78, 5) is 21.2. The number of aromatic carboxylic acids is 1. The van der Waals surface area contributed by atoms with Crippen LogP contribution in [0.5, 0.6) is 0 Å². The van der Waals surface area contributed by atoms with E-state index in [0.717, 1.165) is 31.7 Å². The lowest BCUT2D eigenvalue weighted by atomic mass is 9.89. The first-order valence-electron chi connectivity index (χ1n) is 6.77. The molecule has 1 saturated carbocycles. The molecule has 0 amide bonds. The lowest BCUT2D eigenvalue weighted by molar-refractivity contribution is -0.384. The van der Waals surface area contributed by atoms with E-state index >= 15 is 0 Å². The van der Waals surface area contributed by atoms with Crippen LogP contribution in [0.2, 0.25) is 0 Å². The fraction of sp³-hybridized carbons (Fsp3) is 0.500. The van der Waals surface area contributed by atoms with Crippen LogP contribution < -0.4 is 5.32 Å². The smallest absolute Gasteiger partial charge is 0.338 e. The van der Waals surface area contributed by atoms with Crippen LogP contribution in [-0.4, -0.2) is 22.5 Å². The third kappa shape index (κ3) is 3.29. The molecule has 0 atom stereocenters. The molecule has 1 aromatic rings. The fourth-order valence-corrected chi connectivity index (χ4v) is 2.73. The van der Waals surface area contributed by atoms with Gasteiger partial charge in [-0.2, -0.15) is 0 Å². The summed E-state index contributed by atoms with van der Waals surface area (Å²) in [6.07, 6.45) is 4.26. The molecule has 0 radical (unpaired) electrons. The average molecular weight is 296 g/mol. The van der Waals surface area contributed by atoms with Crippen molar-refractivity contribution >= 4 is 17.3 Å². The highest BCUT2D eigenvalue weighted by molar-refractivity contribution is 5.90. The number of hydrogen-bond donors (Lipinski definition) is 2. The Hall–Kier alpha value is -2.18. The molecule has 1 aromatic carbocycles. The van der Waals surface area contributed by atoms with Crippen molar-refractivity contribution in [2.24, 2.45) is 5.41 Å². The molecular formula is C14H17FN2O4. The number of halogens is 1. The van der Waals surface area contributed by atoms with Gasteiger partial charge < -0.3 is 10.4 Å². The number of carboxylic acid groups (broad SMARTS) is 1. The van der Waals surface area contributed by atoms with Crippen molar-refractivity contribution in [1.82, 2.24) is 0 Å². The summed E-state index contributed by atoms with van der Waals surface area (Å²) in [6, 6.07) is 1.65. The van der Waals surface area contributed by atoms with E-state index in [9.17, 15) is 19.3 Å². The molecule has 0 aliphatic heterocycles. The Morgan fingerprint density at radius 3 is 2.62 bits per heavy atom. The van der Waals surface area contributed by atoms with Crippen LogP contribution in [0.1, 0.15) is 43.0 Å². The predicted octanol–water partition coefficient (Wildman–Crippen LogP) is 3.42. The third-order valence-electron chi connectivity index (χ3n) is 4.03. The van der Waals surface area contributed by atoms with E-state index in [0.29, 0.717) is 12.6 Å². The zero-order valence-corrected chi connectivity index (χ0v) is 11.7. The van der Waals surface area contributed by atoms with Gasteiger partial charge in [-0.1, -0.05) is 19.8 Å². The summed E-state index contributed by atoms with van der Waals surface area (Å²) in [5.41, 5.74) is -0.934. The maximum atomic E-state index is 13.5. The molecule has 0 saturated heterocycles. The Morgan fingerprint density at radius 2 is 2.10 bits per heavy atom. The van der Waals surface area contributed by atoms with Gasteiger partial charge in [0.25, 0.3) is 5.69 Å². The molecule has 6 nitrogen and oxygen atoms in total. The molecule has 114 valence electrons. The van der Waals surface area contributed by atoms with Crippen LogP contribution >= 0.6 is 0 Å². The van der Waals surface area contributed by atoms with E-state index in [1.54, 1.807) is 0 Å². The van der Waals surface area contributed by atoms with Gasteiger partial charge in [0, 0.05) is 6.54 Å².